The number of anilines is 1. The third-order valence-corrected chi connectivity index (χ3v) is 5.15. The monoisotopic (exact) mass is 423 g/mol. The van der Waals surface area contributed by atoms with Crippen molar-refractivity contribution in [2.24, 2.45) is 0 Å². The van der Waals surface area contributed by atoms with Crippen LogP contribution in [-0.2, 0) is 16.0 Å². The number of hydrogen-bond acceptors (Lipinski definition) is 6. The number of pyridine rings is 1. The highest BCUT2D eigenvalue weighted by molar-refractivity contribution is 5.79. The van der Waals surface area contributed by atoms with Crippen molar-refractivity contribution in [2.45, 2.75) is 31.0 Å². The van der Waals surface area contributed by atoms with Crippen LogP contribution in [0.15, 0.2) is 42.9 Å². The molecule has 1 atom stereocenters. The molecule has 4 rings (SSSR count). The minimum absolute atomic E-state index is 0.0289. The van der Waals surface area contributed by atoms with Crippen LogP contribution in [0.2, 0.25) is 0 Å². The molecule has 0 aromatic carbocycles. The zero-order chi connectivity index (χ0) is 21.8. The highest BCUT2D eigenvalue weighted by Crippen LogP contribution is 2.40. The summed E-state index contributed by atoms with van der Waals surface area (Å²) in [5.74, 6) is -1.83. The lowest BCUT2D eigenvalue weighted by Crippen LogP contribution is -2.62. The molecule has 2 fully saturated rings. The molecule has 1 spiro atoms. The van der Waals surface area contributed by atoms with E-state index in [-0.39, 0.29) is 11.4 Å². The van der Waals surface area contributed by atoms with Crippen molar-refractivity contribution in [2.75, 3.05) is 24.5 Å². The van der Waals surface area contributed by atoms with Gasteiger partial charge in [0, 0.05) is 43.9 Å². The number of nitrogens with zero attached hydrogens (tertiary/aromatic N) is 5. The zero-order valence-corrected chi connectivity index (χ0v) is 15.9. The first kappa shape index (κ1) is 21.5. The van der Waals surface area contributed by atoms with Crippen LogP contribution in [0.3, 0.4) is 0 Å². The van der Waals surface area contributed by atoms with E-state index in [2.05, 4.69) is 19.9 Å². The number of alkyl halides is 3. The van der Waals surface area contributed by atoms with Crippen molar-refractivity contribution in [1.29, 1.82) is 0 Å². The van der Waals surface area contributed by atoms with Crippen LogP contribution in [0.5, 0.6) is 0 Å². The molecule has 0 radical (unpaired) electrons. The lowest BCUT2D eigenvalue weighted by Gasteiger charge is -2.50. The minimum atomic E-state index is -5.08. The molecule has 2 saturated heterocycles. The number of halogens is 3. The van der Waals surface area contributed by atoms with Gasteiger partial charge < -0.3 is 14.9 Å². The van der Waals surface area contributed by atoms with Crippen molar-refractivity contribution >= 4 is 17.8 Å². The lowest BCUT2D eigenvalue weighted by molar-refractivity contribution is -0.192. The van der Waals surface area contributed by atoms with Gasteiger partial charge in [0.25, 0.3) is 0 Å². The molecule has 1 unspecified atom stereocenters. The van der Waals surface area contributed by atoms with Crippen LogP contribution in [0.1, 0.15) is 18.5 Å². The molecule has 0 aliphatic carbocycles. The van der Waals surface area contributed by atoms with Crippen molar-refractivity contribution in [3.05, 3.63) is 48.5 Å². The van der Waals surface area contributed by atoms with Gasteiger partial charge in [0.1, 0.15) is 0 Å². The van der Waals surface area contributed by atoms with Gasteiger partial charge in [0.2, 0.25) is 11.9 Å². The molecule has 1 amide bonds. The smallest absolute Gasteiger partial charge is 0.475 e. The highest BCUT2D eigenvalue weighted by atomic mass is 19.4. The number of carboxylic acids is 1. The average Bonchev–Trinajstić information content (AvgIpc) is 3.17. The van der Waals surface area contributed by atoms with E-state index in [4.69, 9.17) is 9.90 Å². The van der Waals surface area contributed by atoms with Crippen LogP contribution in [-0.4, -0.2) is 68.2 Å². The van der Waals surface area contributed by atoms with Gasteiger partial charge in [0.05, 0.1) is 12.0 Å². The van der Waals surface area contributed by atoms with Crippen LogP contribution in [0, 0.1) is 0 Å². The van der Waals surface area contributed by atoms with Crippen LogP contribution in [0.25, 0.3) is 0 Å². The predicted octanol–water partition coefficient (Wildman–Crippen LogP) is 1.93. The molecular formula is C19H20F3N5O3. The van der Waals surface area contributed by atoms with E-state index >= 15 is 0 Å². The second kappa shape index (κ2) is 8.64. The van der Waals surface area contributed by atoms with Gasteiger partial charge in [-0.3, -0.25) is 9.78 Å². The van der Waals surface area contributed by atoms with Crippen LogP contribution >= 0.6 is 0 Å². The number of rotatable bonds is 3. The molecule has 2 aliphatic heterocycles. The van der Waals surface area contributed by atoms with E-state index in [1.54, 1.807) is 18.6 Å². The Morgan fingerprint density at radius 2 is 1.67 bits per heavy atom. The number of likely N-dealkylation sites (tertiary alicyclic amines) is 1. The molecule has 160 valence electrons. The van der Waals surface area contributed by atoms with Crippen molar-refractivity contribution in [3.8, 4) is 0 Å². The standard InChI is InChI=1S/C17H19N5O.C2HF3O2/c23-15(12-14-4-1-2-7-18-14)21-10-5-17(13-21)6-11-22(17)16-19-8-3-9-20-16;3-2(4,5)1(6)7/h1-4,7-9H,5-6,10-13H2;(H,6,7). The molecule has 0 saturated carbocycles. The summed E-state index contributed by atoms with van der Waals surface area (Å²) >= 11 is 0. The van der Waals surface area contributed by atoms with Crippen molar-refractivity contribution < 1.29 is 27.9 Å². The Kier molecular flexibility index (Phi) is 6.18. The van der Waals surface area contributed by atoms with E-state index in [1.165, 1.54) is 0 Å². The molecule has 1 N–H and O–H groups in total. The summed E-state index contributed by atoms with van der Waals surface area (Å²) in [4.78, 5) is 38.6. The maximum Gasteiger partial charge on any atom is 0.490 e. The Morgan fingerprint density at radius 1 is 1.03 bits per heavy atom. The Balaban J connectivity index is 0.000000318. The number of amides is 1. The fourth-order valence-corrected chi connectivity index (χ4v) is 3.55. The summed E-state index contributed by atoms with van der Waals surface area (Å²) in [6, 6.07) is 7.51. The van der Waals surface area contributed by atoms with Crippen molar-refractivity contribution in [3.63, 3.8) is 0 Å². The summed E-state index contributed by atoms with van der Waals surface area (Å²) in [5.41, 5.74) is 0.858. The maximum absolute atomic E-state index is 12.5. The third-order valence-electron chi connectivity index (χ3n) is 5.15. The zero-order valence-electron chi connectivity index (χ0n) is 15.9. The maximum atomic E-state index is 12.5. The number of aliphatic carboxylic acids is 1. The molecule has 2 aromatic rings. The number of aromatic nitrogens is 3. The van der Waals surface area contributed by atoms with Gasteiger partial charge in [0.15, 0.2) is 0 Å². The van der Waals surface area contributed by atoms with Crippen LogP contribution in [0.4, 0.5) is 19.1 Å². The first-order valence-electron chi connectivity index (χ1n) is 9.24. The Hall–Kier alpha value is -3.24. The van der Waals surface area contributed by atoms with Gasteiger partial charge in [-0.05, 0) is 31.0 Å². The van der Waals surface area contributed by atoms with E-state index in [9.17, 15) is 18.0 Å². The number of carbonyl (C=O) groups excluding carboxylic acids is 1. The van der Waals surface area contributed by atoms with E-state index < -0.39 is 12.1 Å². The molecule has 30 heavy (non-hydrogen) atoms. The Morgan fingerprint density at radius 3 is 2.20 bits per heavy atom. The van der Waals surface area contributed by atoms with E-state index in [0.29, 0.717) is 6.42 Å². The van der Waals surface area contributed by atoms with Gasteiger partial charge in [-0.15, -0.1) is 0 Å². The molecule has 0 bridgehead atoms. The fraction of sp³-hybridized carbons (Fsp3) is 0.421. The topological polar surface area (TPSA) is 99.5 Å². The lowest BCUT2D eigenvalue weighted by atomic mass is 9.84. The van der Waals surface area contributed by atoms with Crippen molar-refractivity contribution in [1.82, 2.24) is 19.9 Å². The molecule has 8 nitrogen and oxygen atoms in total. The molecular weight excluding hydrogens is 403 g/mol. The summed E-state index contributed by atoms with van der Waals surface area (Å²) in [6.45, 7) is 2.53. The number of carbonyl (C=O) groups is 2. The first-order chi connectivity index (χ1) is 14.2. The molecule has 2 aliphatic rings. The van der Waals surface area contributed by atoms with E-state index in [1.807, 2.05) is 29.2 Å². The van der Waals surface area contributed by atoms with Gasteiger partial charge in [-0.2, -0.15) is 13.2 Å². The largest absolute Gasteiger partial charge is 0.490 e. The summed E-state index contributed by atoms with van der Waals surface area (Å²) in [6.07, 6.45) is 2.64. The average molecular weight is 423 g/mol. The van der Waals surface area contributed by atoms with Gasteiger partial charge >= 0.3 is 12.1 Å². The van der Waals surface area contributed by atoms with Gasteiger partial charge in [-0.25, -0.2) is 14.8 Å². The third kappa shape index (κ3) is 4.84. The first-order valence-corrected chi connectivity index (χ1v) is 9.24. The minimum Gasteiger partial charge on any atom is -0.475 e. The second-order valence-corrected chi connectivity index (χ2v) is 7.04. The van der Waals surface area contributed by atoms with Gasteiger partial charge in [-0.1, -0.05) is 6.07 Å². The highest BCUT2D eigenvalue weighted by Gasteiger charge is 2.51. The number of carboxylic acid groups (broad SMARTS) is 1. The number of hydrogen-bond donors (Lipinski definition) is 1. The normalized spacial score (nSPS) is 20.4. The summed E-state index contributed by atoms with van der Waals surface area (Å²) < 4.78 is 31.7. The fourth-order valence-electron chi connectivity index (χ4n) is 3.55. The predicted molar refractivity (Wildman–Crippen MR) is 99.6 cm³/mol. The summed E-state index contributed by atoms with van der Waals surface area (Å²) in [7, 11) is 0. The van der Waals surface area contributed by atoms with E-state index in [0.717, 1.165) is 44.1 Å². The quantitative estimate of drug-likeness (QED) is 0.805. The Bertz CT molecular complexity index is 882. The molecule has 4 heterocycles. The SMILES string of the molecule is O=C(Cc1ccccn1)N1CCC2(CCN2c2ncccn2)C1.O=C(O)C(F)(F)F. The van der Waals surface area contributed by atoms with Crippen LogP contribution < -0.4 is 4.90 Å². The molecule has 11 heteroatoms. The summed E-state index contributed by atoms with van der Waals surface area (Å²) in [5, 5.41) is 7.12. The molecule has 2 aromatic heterocycles. The Labute approximate surface area is 170 Å². The second-order valence-electron chi connectivity index (χ2n) is 7.04.